The van der Waals surface area contributed by atoms with Crippen LogP contribution in [0.1, 0.15) is 52.4 Å². The largest absolute Gasteiger partial charge is 0.493 e. The summed E-state index contributed by atoms with van der Waals surface area (Å²) in [6.45, 7) is 0.574. The van der Waals surface area contributed by atoms with Crippen LogP contribution in [0.4, 0.5) is 0 Å². The summed E-state index contributed by atoms with van der Waals surface area (Å²) < 4.78 is 66.4. The van der Waals surface area contributed by atoms with E-state index in [9.17, 15) is 31.2 Å². The van der Waals surface area contributed by atoms with Gasteiger partial charge in [-0.2, -0.15) is 4.72 Å². The number of unbranched alkanes of at least 4 members (excludes halogenated alkanes) is 2. The second-order valence-electron chi connectivity index (χ2n) is 11.7. The highest BCUT2D eigenvalue weighted by molar-refractivity contribution is 7.90. The van der Waals surface area contributed by atoms with E-state index in [1.807, 2.05) is 29.0 Å². The molecule has 3 N–H and O–H groups in total. The minimum absolute atomic E-state index is 0.0171. The molecule has 0 saturated carbocycles. The molecule has 4 aromatic carbocycles. The number of esters is 1. The molecule has 0 spiro atoms. The van der Waals surface area contributed by atoms with Crippen molar-refractivity contribution in [2.45, 2.75) is 48.3 Å². The molecule has 2 atom stereocenters. The SMILES string of the molecule is COC(=O)c1cc2ccccc2cc1OCCCCCNC(=O)C(Cc1ccc(C2CC(=O)NS2(=O)=O)c(Cl)c1)NS(=O)(=O)c1ccccc1. The first-order valence-electron chi connectivity index (χ1n) is 15.8. The quantitative estimate of drug-likeness (QED) is 0.118. The zero-order valence-corrected chi connectivity index (χ0v) is 29.4. The molecule has 15 heteroatoms. The van der Waals surface area contributed by atoms with Gasteiger partial charge in [-0.1, -0.05) is 66.2 Å². The second kappa shape index (κ2) is 16.0. The summed E-state index contributed by atoms with van der Waals surface area (Å²) in [4.78, 5) is 37.4. The lowest BCUT2D eigenvalue weighted by molar-refractivity contribution is -0.122. The Morgan fingerprint density at radius 2 is 1.66 bits per heavy atom. The molecular formula is C35H36ClN3O9S2. The number of rotatable bonds is 15. The molecule has 1 aliphatic rings. The topological polar surface area (TPSA) is 174 Å². The summed E-state index contributed by atoms with van der Waals surface area (Å²) >= 11 is 6.44. The molecule has 0 radical (unpaired) electrons. The zero-order valence-electron chi connectivity index (χ0n) is 27.1. The molecule has 1 saturated heterocycles. The predicted molar refractivity (Wildman–Crippen MR) is 188 cm³/mol. The van der Waals surface area contributed by atoms with Crippen molar-refractivity contribution in [1.82, 2.24) is 14.8 Å². The summed E-state index contributed by atoms with van der Waals surface area (Å²) in [6.07, 6.45) is 1.50. The van der Waals surface area contributed by atoms with Crippen LogP contribution in [-0.4, -0.2) is 60.9 Å². The van der Waals surface area contributed by atoms with Gasteiger partial charge in [0.2, 0.25) is 31.9 Å². The van der Waals surface area contributed by atoms with E-state index >= 15 is 0 Å². The van der Waals surface area contributed by atoms with E-state index in [4.69, 9.17) is 21.1 Å². The van der Waals surface area contributed by atoms with Crippen molar-refractivity contribution in [3.8, 4) is 5.75 Å². The van der Waals surface area contributed by atoms with Crippen LogP contribution in [-0.2, 0) is 40.8 Å². The van der Waals surface area contributed by atoms with Crippen molar-refractivity contribution in [2.24, 2.45) is 0 Å². The number of halogens is 1. The van der Waals surface area contributed by atoms with Crippen molar-refractivity contribution in [2.75, 3.05) is 20.3 Å². The van der Waals surface area contributed by atoms with Crippen molar-refractivity contribution < 1.29 is 40.7 Å². The van der Waals surface area contributed by atoms with Crippen LogP contribution in [0.3, 0.4) is 0 Å². The number of carbonyl (C=O) groups excluding carboxylic acids is 3. The van der Waals surface area contributed by atoms with Crippen molar-refractivity contribution in [3.05, 3.63) is 107 Å². The number of fused-ring (bicyclic) bond motifs is 1. The number of hydrogen-bond acceptors (Lipinski definition) is 9. The number of nitrogens with one attached hydrogen (secondary N) is 3. The van der Waals surface area contributed by atoms with Crippen LogP contribution in [0.15, 0.2) is 89.8 Å². The molecule has 0 aliphatic carbocycles. The first kappa shape index (κ1) is 36.8. The number of methoxy groups -OCH3 is 1. The van der Waals surface area contributed by atoms with Crippen LogP contribution in [0, 0.1) is 0 Å². The van der Waals surface area contributed by atoms with Gasteiger partial charge in [0.05, 0.1) is 25.0 Å². The first-order valence-corrected chi connectivity index (χ1v) is 19.2. The van der Waals surface area contributed by atoms with E-state index in [-0.39, 0.29) is 34.9 Å². The van der Waals surface area contributed by atoms with Gasteiger partial charge in [-0.25, -0.2) is 21.6 Å². The van der Waals surface area contributed by atoms with Crippen LogP contribution in [0.25, 0.3) is 10.8 Å². The van der Waals surface area contributed by atoms with Crippen molar-refractivity contribution >= 4 is 60.2 Å². The summed E-state index contributed by atoms with van der Waals surface area (Å²) in [7, 11) is -6.71. The third kappa shape index (κ3) is 8.99. The number of sulfonamides is 2. The van der Waals surface area contributed by atoms with Crippen LogP contribution < -0.4 is 19.5 Å². The van der Waals surface area contributed by atoms with Gasteiger partial charge in [0.25, 0.3) is 0 Å². The van der Waals surface area contributed by atoms with E-state index in [0.29, 0.717) is 42.7 Å². The Labute approximate surface area is 295 Å². The second-order valence-corrected chi connectivity index (χ2v) is 15.7. The molecule has 4 aromatic rings. The zero-order chi connectivity index (χ0) is 35.9. The lowest BCUT2D eigenvalue weighted by atomic mass is 10.0. The first-order chi connectivity index (χ1) is 23.9. The monoisotopic (exact) mass is 741 g/mol. The number of amides is 2. The Bertz CT molecular complexity index is 2110. The number of ether oxygens (including phenoxy) is 2. The highest BCUT2D eigenvalue weighted by atomic mass is 35.5. The van der Waals surface area contributed by atoms with Crippen LogP contribution in [0.2, 0.25) is 5.02 Å². The summed E-state index contributed by atoms with van der Waals surface area (Å²) in [5.41, 5.74) is 1.03. The van der Waals surface area contributed by atoms with E-state index < -0.39 is 49.1 Å². The van der Waals surface area contributed by atoms with Gasteiger partial charge in [0.15, 0.2) is 0 Å². The van der Waals surface area contributed by atoms with Crippen LogP contribution in [0.5, 0.6) is 5.75 Å². The fourth-order valence-electron chi connectivity index (χ4n) is 5.59. The van der Waals surface area contributed by atoms with E-state index in [1.165, 1.54) is 31.4 Å². The third-order valence-corrected chi connectivity index (χ3v) is 11.6. The highest BCUT2D eigenvalue weighted by Crippen LogP contribution is 2.35. The van der Waals surface area contributed by atoms with Gasteiger partial charge in [-0.15, -0.1) is 0 Å². The Balaban J connectivity index is 1.20. The molecule has 1 fully saturated rings. The standard InChI is InChI=1S/C35H36ClN3O9S2/c1-47-35(42)28-20-24-10-6-7-11-25(24)21-31(28)48-17-9-3-8-16-37-34(41)30(38-49(43,44)26-12-4-2-5-13-26)19-23-14-15-27(29(36)18-23)32-22-33(40)39-50(32,45)46/h2,4-7,10-15,18,20-21,30,32,38H,3,8-9,16-17,19,22H2,1H3,(H,37,41)(H,39,40). The summed E-state index contributed by atoms with van der Waals surface area (Å²) in [6, 6.07) is 22.0. The lowest BCUT2D eigenvalue weighted by Gasteiger charge is -2.20. The molecule has 50 heavy (non-hydrogen) atoms. The average molecular weight is 742 g/mol. The fraction of sp³-hybridized carbons (Fsp3) is 0.286. The van der Waals surface area contributed by atoms with Gasteiger partial charge in [0.1, 0.15) is 22.6 Å². The smallest absolute Gasteiger partial charge is 0.341 e. The lowest BCUT2D eigenvalue weighted by Crippen LogP contribution is -2.48. The normalized spacial score (nSPS) is 16.0. The molecule has 1 heterocycles. The molecule has 2 unspecified atom stereocenters. The number of benzene rings is 4. The van der Waals surface area contributed by atoms with Gasteiger partial charge in [0, 0.05) is 11.6 Å². The minimum atomic E-state index is -4.09. The molecule has 5 rings (SSSR count). The van der Waals surface area contributed by atoms with Crippen LogP contribution >= 0.6 is 11.6 Å². The molecule has 1 aliphatic heterocycles. The maximum absolute atomic E-state index is 13.4. The number of carbonyl (C=O) groups is 3. The minimum Gasteiger partial charge on any atom is -0.493 e. The fourth-order valence-corrected chi connectivity index (χ4v) is 8.66. The maximum Gasteiger partial charge on any atom is 0.341 e. The molecule has 0 bridgehead atoms. The summed E-state index contributed by atoms with van der Waals surface area (Å²) in [5.74, 6) is -1.28. The van der Waals surface area contributed by atoms with Gasteiger partial charge in [-0.3, -0.25) is 14.3 Å². The maximum atomic E-state index is 13.4. The Morgan fingerprint density at radius 1 is 0.960 bits per heavy atom. The highest BCUT2D eigenvalue weighted by Gasteiger charge is 2.39. The molecule has 264 valence electrons. The molecule has 0 aromatic heterocycles. The van der Waals surface area contributed by atoms with Crippen molar-refractivity contribution in [3.63, 3.8) is 0 Å². The average Bonchev–Trinajstić information content (AvgIpc) is 3.37. The van der Waals surface area contributed by atoms with E-state index in [0.717, 1.165) is 10.8 Å². The van der Waals surface area contributed by atoms with Gasteiger partial charge >= 0.3 is 5.97 Å². The Kier molecular flexibility index (Phi) is 11.8. The Morgan fingerprint density at radius 3 is 2.32 bits per heavy atom. The molecular weight excluding hydrogens is 706 g/mol. The molecule has 12 nitrogen and oxygen atoms in total. The predicted octanol–water partition coefficient (Wildman–Crippen LogP) is 4.43. The number of hydrogen-bond donors (Lipinski definition) is 3. The van der Waals surface area contributed by atoms with E-state index in [1.54, 1.807) is 36.4 Å². The van der Waals surface area contributed by atoms with E-state index in [2.05, 4.69) is 10.0 Å². The van der Waals surface area contributed by atoms with Gasteiger partial charge < -0.3 is 14.8 Å². The van der Waals surface area contributed by atoms with Gasteiger partial charge in [-0.05, 0) is 77.9 Å². The molecule has 2 amide bonds. The summed E-state index contributed by atoms with van der Waals surface area (Å²) in [5, 5.41) is 3.52. The third-order valence-electron chi connectivity index (χ3n) is 8.15. The van der Waals surface area contributed by atoms with Crippen molar-refractivity contribution in [1.29, 1.82) is 0 Å². The Hall–Kier alpha value is -4.50.